The van der Waals surface area contributed by atoms with Crippen LogP contribution in [0.1, 0.15) is 59.8 Å². The Morgan fingerprint density at radius 1 is 0.879 bits per heavy atom. The van der Waals surface area contributed by atoms with Crippen molar-refractivity contribution in [1.29, 1.82) is 0 Å². The Bertz CT molecular complexity index is 1180. The molecule has 4 heterocycles. The van der Waals surface area contributed by atoms with Gasteiger partial charge in [0.05, 0.1) is 22.4 Å². The number of rotatable bonds is 5. The van der Waals surface area contributed by atoms with E-state index in [0.29, 0.717) is 11.5 Å². The quantitative estimate of drug-likeness (QED) is 0.644. The van der Waals surface area contributed by atoms with Crippen LogP contribution in [-0.4, -0.2) is 57.0 Å². The summed E-state index contributed by atoms with van der Waals surface area (Å²) in [6, 6.07) is 9.63. The van der Waals surface area contributed by atoms with Gasteiger partial charge in [0, 0.05) is 32.2 Å². The molecule has 3 aromatic rings. The number of carbonyl (C=O) groups is 1. The van der Waals surface area contributed by atoms with Crippen molar-refractivity contribution >= 4 is 34.9 Å². The largest absolute Gasteiger partial charge is 0.356 e. The maximum absolute atomic E-state index is 13.0. The summed E-state index contributed by atoms with van der Waals surface area (Å²) in [6.45, 7) is 5.59. The van der Waals surface area contributed by atoms with Crippen molar-refractivity contribution in [1.82, 2.24) is 30.4 Å². The van der Waals surface area contributed by atoms with Crippen LogP contribution in [0, 0.1) is 6.92 Å². The minimum atomic E-state index is -0.184. The molecule has 33 heavy (non-hydrogen) atoms. The van der Waals surface area contributed by atoms with E-state index in [0.717, 1.165) is 80.1 Å². The third kappa shape index (κ3) is 5.01. The molecule has 2 aromatic heterocycles. The number of hydrogen-bond acceptors (Lipinski definition) is 7. The van der Waals surface area contributed by atoms with Crippen molar-refractivity contribution < 1.29 is 4.79 Å². The smallest absolute Gasteiger partial charge is 0.284 e. The molecule has 2 aliphatic heterocycles. The molecule has 0 unspecified atom stereocenters. The number of nitrogens with one attached hydrogen (secondary N) is 1. The molecule has 0 saturated carbocycles. The van der Waals surface area contributed by atoms with Crippen LogP contribution in [0.4, 0.5) is 5.82 Å². The number of amides is 1. The number of fused-ring (bicyclic) bond motifs is 1. The SMILES string of the molecule is Cc1nc2ccccc2nc1C=Cc1nc(C(=O)NN2CCCCC2)cc(N2CCCC2)n1. The Morgan fingerprint density at radius 3 is 2.33 bits per heavy atom. The van der Waals surface area contributed by atoms with Crippen molar-refractivity contribution in [2.24, 2.45) is 0 Å². The molecule has 2 aliphatic rings. The van der Waals surface area contributed by atoms with Crippen molar-refractivity contribution in [2.75, 3.05) is 31.1 Å². The molecule has 8 heteroatoms. The lowest BCUT2D eigenvalue weighted by Crippen LogP contribution is -2.45. The van der Waals surface area contributed by atoms with E-state index in [1.54, 1.807) is 0 Å². The fraction of sp³-hybridized carbons (Fsp3) is 0.400. The number of carbonyl (C=O) groups excluding carboxylic acids is 1. The summed E-state index contributed by atoms with van der Waals surface area (Å²) in [6.07, 6.45) is 9.39. The number of hydrazine groups is 1. The maximum Gasteiger partial charge on any atom is 0.284 e. The van der Waals surface area contributed by atoms with Crippen LogP contribution < -0.4 is 10.3 Å². The van der Waals surface area contributed by atoms with Gasteiger partial charge in [-0.2, -0.15) is 0 Å². The number of para-hydroxylation sites is 2. The molecule has 8 nitrogen and oxygen atoms in total. The van der Waals surface area contributed by atoms with Crippen LogP contribution in [0.25, 0.3) is 23.2 Å². The molecular weight excluding hydrogens is 414 g/mol. The monoisotopic (exact) mass is 443 g/mol. The Balaban J connectivity index is 1.44. The molecule has 170 valence electrons. The zero-order valence-corrected chi connectivity index (χ0v) is 19.0. The van der Waals surface area contributed by atoms with Gasteiger partial charge in [0.2, 0.25) is 0 Å². The number of piperidine rings is 1. The minimum Gasteiger partial charge on any atom is -0.356 e. The Morgan fingerprint density at radius 2 is 1.58 bits per heavy atom. The zero-order chi connectivity index (χ0) is 22.6. The zero-order valence-electron chi connectivity index (χ0n) is 19.0. The first-order valence-electron chi connectivity index (χ1n) is 11.8. The first kappa shape index (κ1) is 21.5. The fourth-order valence-electron chi connectivity index (χ4n) is 4.37. The number of hydrogen-bond donors (Lipinski definition) is 1. The van der Waals surface area contributed by atoms with E-state index >= 15 is 0 Å². The van der Waals surface area contributed by atoms with Gasteiger partial charge >= 0.3 is 0 Å². The van der Waals surface area contributed by atoms with E-state index in [9.17, 15) is 4.79 Å². The topological polar surface area (TPSA) is 87.1 Å². The molecule has 5 rings (SSSR count). The summed E-state index contributed by atoms with van der Waals surface area (Å²) in [4.78, 5) is 33.9. The van der Waals surface area contributed by atoms with Crippen molar-refractivity contribution in [3.63, 3.8) is 0 Å². The van der Waals surface area contributed by atoms with Gasteiger partial charge in [-0.1, -0.05) is 18.6 Å². The molecule has 2 saturated heterocycles. The molecule has 1 N–H and O–H groups in total. The predicted molar refractivity (Wildman–Crippen MR) is 130 cm³/mol. The lowest BCUT2D eigenvalue weighted by Gasteiger charge is -2.26. The van der Waals surface area contributed by atoms with Crippen LogP contribution in [0.15, 0.2) is 30.3 Å². The third-order valence-corrected chi connectivity index (χ3v) is 6.18. The van der Waals surface area contributed by atoms with E-state index in [1.807, 2.05) is 54.4 Å². The second-order valence-corrected chi connectivity index (χ2v) is 8.67. The molecule has 0 bridgehead atoms. The number of anilines is 1. The summed E-state index contributed by atoms with van der Waals surface area (Å²) in [5.74, 6) is 1.11. The molecule has 0 atom stereocenters. The van der Waals surface area contributed by atoms with Gasteiger partial charge in [0.15, 0.2) is 5.82 Å². The van der Waals surface area contributed by atoms with E-state index < -0.39 is 0 Å². The van der Waals surface area contributed by atoms with Crippen molar-refractivity contribution in [3.05, 3.63) is 53.2 Å². The highest BCUT2D eigenvalue weighted by Crippen LogP contribution is 2.20. The first-order chi connectivity index (χ1) is 16.2. The molecule has 1 amide bonds. The highest BCUT2D eigenvalue weighted by molar-refractivity contribution is 5.93. The van der Waals surface area contributed by atoms with Crippen LogP contribution in [0.5, 0.6) is 0 Å². The second-order valence-electron chi connectivity index (χ2n) is 8.67. The second kappa shape index (κ2) is 9.62. The molecular formula is C25H29N7O. The normalized spacial score (nSPS) is 17.2. The van der Waals surface area contributed by atoms with E-state index in [2.05, 4.69) is 20.3 Å². The van der Waals surface area contributed by atoms with Gasteiger partial charge in [0.25, 0.3) is 5.91 Å². The van der Waals surface area contributed by atoms with Gasteiger partial charge in [-0.25, -0.2) is 24.9 Å². The highest BCUT2D eigenvalue weighted by atomic mass is 16.2. The highest BCUT2D eigenvalue weighted by Gasteiger charge is 2.20. The Kier molecular flexibility index (Phi) is 6.26. The van der Waals surface area contributed by atoms with Crippen molar-refractivity contribution in [3.8, 4) is 0 Å². The number of nitrogens with zero attached hydrogens (tertiary/aromatic N) is 6. The Labute approximate surface area is 193 Å². The lowest BCUT2D eigenvalue weighted by molar-refractivity contribution is 0.0744. The number of benzene rings is 1. The van der Waals surface area contributed by atoms with Crippen LogP contribution in [0.2, 0.25) is 0 Å². The predicted octanol–water partition coefficient (Wildman–Crippen LogP) is 3.63. The van der Waals surface area contributed by atoms with Gasteiger partial charge < -0.3 is 4.90 Å². The summed E-state index contributed by atoms with van der Waals surface area (Å²) >= 11 is 0. The summed E-state index contributed by atoms with van der Waals surface area (Å²) < 4.78 is 0. The van der Waals surface area contributed by atoms with Crippen molar-refractivity contribution in [2.45, 2.75) is 39.0 Å². The van der Waals surface area contributed by atoms with Crippen LogP contribution in [0.3, 0.4) is 0 Å². The molecule has 0 aliphatic carbocycles. The summed E-state index contributed by atoms with van der Waals surface area (Å²) in [5.41, 5.74) is 6.73. The summed E-state index contributed by atoms with van der Waals surface area (Å²) in [7, 11) is 0. The minimum absolute atomic E-state index is 0.184. The molecule has 0 radical (unpaired) electrons. The molecule has 0 spiro atoms. The standard InChI is InChI=1S/C25H29N7O/c1-18-19(27-21-10-4-3-9-20(21)26-18)11-12-23-28-22(17-24(29-23)31-13-7-8-14-31)25(33)30-32-15-5-2-6-16-32/h3-4,9-12,17H,2,5-8,13-16H2,1H3,(H,30,33). The average Bonchev–Trinajstić information content (AvgIpc) is 3.38. The van der Waals surface area contributed by atoms with E-state index in [1.165, 1.54) is 6.42 Å². The van der Waals surface area contributed by atoms with Gasteiger partial charge in [-0.3, -0.25) is 10.2 Å². The number of aromatic nitrogens is 4. The van der Waals surface area contributed by atoms with Crippen LogP contribution >= 0.6 is 0 Å². The third-order valence-electron chi connectivity index (χ3n) is 6.18. The van der Waals surface area contributed by atoms with E-state index in [4.69, 9.17) is 9.97 Å². The summed E-state index contributed by atoms with van der Waals surface area (Å²) in [5, 5.41) is 1.99. The molecule has 2 fully saturated rings. The average molecular weight is 444 g/mol. The van der Waals surface area contributed by atoms with Gasteiger partial charge in [-0.05, 0) is 56.9 Å². The fourth-order valence-corrected chi connectivity index (χ4v) is 4.37. The first-order valence-corrected chi connectivity index (χ1v) is 11.8. The maximum atomic E-state index is 13.0. The molecule has 1 aromatic carbocycles. The lowest BCUT2D eigenvalue weighted by atomic mass is 10.2. The van der Waals surface area contributed by atoms with E-state index in [-0.39, 0.29) is 5.91 Å². The Hall–Kier alpha value is -3.39. The van der Waals surface area contributed by atoms with Gasteiger partial charge in [0.1, 0.15) is 11.5 Å². The van der Waals surface area contributed by atoms with Crippen LogP contribution in [-0.2, 0) is 0 Å². The number of aryl methyl sites for hydroxylation is 1. The van der Waals surface area contributed by atoms with Gasteiger partial charge in [-0.15, -0.1) is 0 Å².